The molecule has 1 aromatic heterocycles. The van der Waals surface area contributed by atoms with Gasteiger partial charge in [-0.2, -0.15) is 0 Å². The second-order valence-corrected chi connectivity index (χ2v) is 7.61. The summed E-state index contributed by atoms with van der Waals surface area (Å²) in [4.78, 5) is 9.04. The molecule has 3 nitrogen and oxygen atoms in total. The second kappa shape index (κ2) is 6.02. The van der Waals surface area contributed by atoms with E-state index < -0.39 is 0 Å². The smallest absolute Gasteiger partial charge is 0.186 e. The van der Waals surface area contributed by atoms with Gasteiger partial charge in [-0.15, -0.1) is 11.3 Å². The van der Waals surface area contributed by atoms with Gasteiger partial charge in [-0.3, -0.25) is 0 Å². The van der Waals surface area contributed by atoms with Crippen molar-refractivity contribution in [1.82, 2.24) is 10.3 Å². The Morgan fingerprint density at radius 2 is 2.05 bits per heavy atom. The third-order valence-corrected chi connectivity index (χ3v) is 5.34. The highest BCUT2D eigenvalue weighted by Crippen LogP contribution is 2.45. The number of rotatable bonds is 8. The lowest BCUT2D eigenvalue weighted by atomic mass is 10.2. The van der Waals surface area contributed by atoms with Crippen LogP contribution < -0.4 is 10.2 Å². The van der Waals surface area contributed by atoms with Crippen LogP contribution in [0.15, 0.2) is 0 Å². The molecule has 0 amide bonds. The molecule has 0 bridgehead atoms. The highest BCUT2D eigenvalue weighted by molar-refractivity contribution is 7.15. The van der Waals surface area contributed by atoms with Gasteiger partial charge >= 0.3 is 0 Å². The number of nitrogens with zero attached hydrogens (tertiary/aromatic N) is 2. The summed E-state index contributed by atoms with van der Waals surface area (Å²) in [7, 11) is 0. The molecule has 0 spiro atoms. The summed E-state index contributed by atoms with van der Waals surface area (Å²) >= 11 is 1.93. The van der Waals surface area contributed by atoms with Crippen LogP contribution in [0.1, 0.15) is 62.9 Å². The molecule has 4 heteroatoms. The molecule has 0 aromatic carbocycles. The van der Waals surface area contributed by atoms with Gasteiger partial charge in [0.1, 0.15) is 0 Å². The molecule has 0 aliphatic heterocycles. The predicted octanol–water partition coefficient (Wildman–Crippen LogP) is 3.75. The van der Waals surface area contributed by atoms with Crippen LogP contribution in [0.4, 0.5) is 5.13 Å². The second-order valence-electron chi connectivity index (χ2n) is 6.55. The maximum Gasteiger partial charge on any atom is 0.186 e. The van der Waals surface area contributed by atoms with Gasteiger partial charge in [-0.1, -0.05) is 6.92 Å². The molecule has 2 fully saturated rings. The van der Waals surface area contributed by atoms with E-state index in [1.165, 1.54) is 47.9 Å². The number of hydrogen-bond acceptors (Lipinski definition) is 4. The van der Waals surface area contributed by atoms with E-state index in [9.17, 15) is 0 Å². The molecule has 0 radical (unpaired) electrons. The molecule has 20 heavy (non-hydrogen) atoms. The van der Waals surface area contributed by atoms with Gasteiger partial charge in [0.15, 0.2) is 5.13 Å². The first-order valence-corrected chi connectivity index (χ1v) is 8.97. The third kappa shape index (κ3) is 3.34. The Morgan fingerprint density at radius 3 is 2.60 bits per heavy atom. The lowest BCUT2D eigenvalue weighted by Gasteiger charge is -2.26. The van der Waals surface area contributed by atoms with Crippen molar-refractivity contribution in [3.63, 3.8) is 0 Å². The van der Waals surface area contributed by atoms with Crippen molar-refractivity contribution in [1.29, 1.82) is 0 Å². The number of anilines is 1. The zero-order chi connectivity index (χ0) is 14.1. The van der Waals surface area contributed by atoms with Gasteiger partial charge in [0, 0.05) is 29.9 Å². The van der Waals surface area contributed by atoms with Crippen molar-refractivity contribution in [3.05, 3.63) is 10.6 Å². The van der Waals surface area contributed by atoms with E-state index in [0.29, 0.717) is 6.04 Å². The molecule has 112 valence electrons. The van der Waals surface area contributed by atoms with E-state index in [2.05, 4.69) is 31.0 Å². The van der Waals surface area contributed by atoms with Crippen LogP contribution in [0.3, 0.4) is 0 Å². The molecule has 1 heterocycles. The molecular weight excluding hydrogens is 266 g/mol. The fourth-order valence-electron chi connectivity index (χ4n) is 2.60. The standard InChI is InChI=1S/C16H27N3S/c1-4-17-9-14-15(13-7-8-13)18-16(20-14)19(11(2)3)10-12-5-6-12/h11-13,17H,4-10H2,1-3H3. The summed E-state index contributed by atoms with van der Waals surface area (Å²) in [6.45, 7) is 10.00. The number of hydrogen-bond donors (Lipinski definition) is 1. The summed E-state index contributed by atoms with van der Waals surface area (Å²) in [6.07, 6.45) is 5.50. The zero-order valence-electron chi connectivity index (χ0n) is 13.0. The fourth-order valence-corrected chi connectivity index (χ4v) is 3.86. The summed E-state index contributed by atoms with van der Waals surface area (Å²) in [5.41, 5.74) is 1.40. The summed E-state index contributed by atoms with van der Waals surface area (Å²) in [5.74, 6) is 1.67. The Kier molecular flexibility index (Phi) is 4.32. The monoisotopic (exact) mass is 293 g/mol. The third-order valence-electron chi connectivity index (χ3n) is 4.24. The minimum atomic E-state index is 0.556. The van der Waals surface area contributed by atoms with Crippen LogP contribution in [-0.4, -0.2) is 24.1 Å². The molecular formula is C16H27N3S. The van der Waals surface area contributed by atoms with Gasteiger partial charge in [0.05, 0.1) is 5.69 Å². The average molecular weight is 293 g/mol. The molecule has 3 rings (SSSR count). The topological polar surface area (TPSA) is 28.2 Å². The summed E-state index contributed by atoms with van der Waals surface area (Å²) < 4.78 is 0. The SMILES string of the molecule is CCNCc1sc(N(CC2CC2)C(C)C)nc1C1CC1. The largest absolute Gasteiger partial charge is 0.345 e. The lowest BCUT2D eigenvalue weighted by Crippen LogP contribution is -2.32. The van der Waals surface area contributed by atoms with Crippen LogP contribution >= 0.6 is 11.3 Å². The Hall–Kier alpha value is -0.610. The van der Waals surface area contributed by atoms with Crippen molar-refractivity contribution in [2.24, 2.45) is 5.92 Å². The van der Waals surface area contributed by atoms with E-state index >= 15 is 0 Å². The maximum atomic E-state index is 5.03. The minimum absolute atomic E-state index is 0.556. The summed E-state index contributed by atoms with van der Waals surface area (Å²) in [6, 6.07) is 0.556. The van der Waals surface area contributed by atoms with E-state index in [4.69, 9.17) is 4.98 Å². The van der Waals surface area contributed by atoms with Crippen molar-refractivity contribution in [2.45, 2.75) is 65.0 Å². The Bertz CT molecular complexity index is 447. The fraction of sp³-hybridized carbons (Fsp3) is 0.812. The van der Waals surface area contributed by atoms with E-state index in [1.807, 2.05) is 11.3 Å². The summed E-state index contributed by atoms with van der Waals surface area (Å²) in [5, 5.41) is 4.74. The van der Waals surface area contributed by atoms with Crippen LogP contribution in [-0.2, 0) is 6.54 Å². The number of nitrogens with one attached hydrogen (secondary N) is 1. The Morgan fingerprint density at radius 1 is 1.30 bits per heavy atom. The van der Waals surface area contributed by atoms with Crippen LogP contribution in [0.5, 0.6) is 0 Å². The molecule has 2 aliphatic carbocycles. The average Bonchev–Trinajstić information content (AvgIpc) is 3.33. The predicted molar refractivity (Wildman–Crippen MR) is 86.7 cm³/mol. The normalized spacial score (nSPS) is 18.8. The van der Waals surface area contributed by atoms with Crippen molar-refractivity contribution in [2.75, 3.05) is 18.0 Å². The first-order valence-electron chi connectivity index (χ1n) is 8.16. The highest BCUT2D eigenvalue weighted by atomic mass is 32.1. The van der Waals surface area contributed by atoms with E-state index in [0.717, 1.165) is 24.9 Å². The lowest BCUT2D eigenvalue weighted by molar-refractivity contribution is 0.641. The van der Waals surface area contributed by atoms with Gasteiger partial charge < -0.3 is 10.2 Å². The number of thiazole rings is 1. The molecule has 0 atom stereocenters. The zero-order valence-corrected chi connectivity index (χ0v) is 13.8. The van der Waals surface area contributed by atoms with Crippen LogP contribution in [0.25, 0.3) is 0 Å². The quantitative estimate of drug-likeness (QED) is 0.791. The Labute approximate surface area is 126 Å². The molecule has 1 aromatic rings. The first kappa shape index (κ1) is 14.3. The van der Waals surface area contributed by atoms with Crippen molar-refractivity contribution >= 4 is 16.5 Å². The minimum Gasteiger partial charge on any atom is -0.345 e. The van der Waals surface area contributed by atoms with Crippen LogP contribution in [0.2, 0.25) is 0 Å². The van der Waals surface area contributed by atoms with Gasteiger partial charge in [0.25, 0.3) is 0 Å². The number of aromatic nitrogens is 1. The Balaban J connectivity index is 1.79. The van der Waals surface area contributed by atoms with E-state index in [-0.39, 0.29) is 0 Å². The maximum absolute atomic E-state index is 5.03. The van der Waals surface area contributed by atoms with Gasteiger partial charge in [0.2, 0.25) is 0 Å². The molecule has 2 aliphatic rings. The van der Waals surface area contributed by atoms with Crippen LogP contribution in [0, 0.1) is 5.92 Å². The first-order chi connectivity index (χ1) is 9.69. The molecule has 0 unspecified atom stereocenters. The molecule has 0 saturated heterocycles. The highest BCUT2D eigenvalue weighted by Gasteiger charge is 2.32. The van der Waals surface area contributed by atoms with Crippen molar-refractivity contribution in [3.8, 4) is 0 Å². The van der Waals surface area contributed by atoms with Crippen molar-refractivity contribution < 1.29 is 0 Å². The molecule has 2 saturated carbocycles. The van der Waals surface area contributed by atoms with Gasteiger partial charge in [-0.25, -0.2) is 4.98 Å². The molecule has 1 N–H and O–H groups in total. The van der Waals surface area contributed by atoms with E-state index in [1.54, 1.807) is 0 Å². The van der Waals surface area contributed by atoms with Gasteiger partial charge in [-0.05, 0) is 52.0 Å².